The molecule has 0 fully saturated rings. The number of hydrogen-bond acceptors (Lipinski definition) is 8. The van der Waals surface area contributed by atoms with Crippen LogP contribution in [0.25, 0.3) is 0 Å². The van der Waals surface area contributed by atoms with Gasteiger partial charge in [-0.2, -0.15) is 0 Å². The molecule has 2 amide bonds. The Morgan fingerprint density at radius 2 is 2.00 bits per heavy atom. The van der Waals surface area contributed by atoms with E-state index in [4.69, 9.17) is 14.2 Å². The Bertz CT molecular complexity index is 793. The average Bonchev–Trinajstić information content (AvgIpc) is 3.20. The largest absolute Gasteiger partial charge is 0.447 e. The number of aromatic nitrogens is 2. The third-order valence-corrected chi connectivity index (χ3v) is 5.11. The zero-order valence-corrected chi connectivity index (χ0v) is 18.8. The minimum Gasteiger partial charge on any atom is -0.447 e. The number of ether oxygens (including phenoxy) is 3. The van der Waals surface area contributed by atoms with Gasteiger partial charge < -0.3 is 29.4 Å². The molecule has 2 unspecified atom stereocenters. The summed E-state index contributed by atoms with van der Waals surface area (Å²) in [5.74, 6) is -2.78. The predicted octanol–water partition coefficient (Wildman–Crippen LogP) is 0.114. The van der Waals surface area contributed by atoms with E-state index in [2.05, 4.69) is 15.6 Å². The molecule has 0 aliphatic carbocycles. The smallest absolute Gasteiger partial charge is 0.407 e. The highest BCUT2D eigenvalue weighted by molar-refractivity contribution is 6.37. The molecule has 0 aromatic carbocycles. The third kappa shape index (κ3) is 7.72. The number of rotatable bonds is 11. The summed E-state index contributed by atoms with van der Waals surface area (Å²) in [6.45, 7) is 5.41. The highest BCUT2D eigenvalue weighted by Gasteiger charge is 2.33. The Morgan fingerprint density at radius 1 is 1.25 bits per heavy atom. The van der Waals surface area contributed by atoms with Crippen LogP contribution in [0.15, 0.2) is 12.5 Å². The van der Waals surface area contributed by atoms with Crippen molar-refractivity contribution in [2.24, 2.45) is 11.8 Å². The summed E-state index contributed by atoms with van der Waals surface area (Å²) in [6, 6.07) is -0.856. The Hall–Kier alpha value is -2.79. The van der Waals surface area contributed by atoms with Gasteiger partial charge in [-0.3, -0.25) is 14.4 Å². The molecular formula is C21H32N4O7. The number of carbonyl (C=O) groups is 4. The van der Waals surface area contributed by atoms with E-state index < -0.39 is 29.7 Å². The lowest BCUT2D eigenvalue weighted by molar-refractivity contribution is -0.141. The first-order valence-corrected chi connectivity index (χ1v) is 10.7. The third-order valence-electron chi connectivity index (χ3n) is 5.11. The summed E-state index contributed by atoms with van der Waals surface area (Å²) in [5.41, 5.74) is 0.773. The molecule has 32 heavy (non-hydrogen) atoms. The maximum absolute atomic E-state index is 13.0. The normalized spacial score (nSPS) is 17.6. The van der Waals surface area contributed by atoms with Gasteiger partial charge in [0.25, 0.3) is 5.91 Å². The monoisotopic (exact) mass is 452 g/mol. The lowest BCUT2D eigenvalue weighted by Crippen LogP contribution is -2.46. The fraction of sp³-hybridized carbons (Fsp3) is 0.667. The van der Waals surface area contributed by atoms with Crippen molar-refractivity contribution in [2.75, 3.05) is 40.1 Å². The van der Waals surface area contributed by atoms with Crippen molar-refractivity contribution in [3.05, 3.63) is 18.2 Å². The summed E-state index contributed by atoms with van der Waals surface area (Å²) >= 11 is 0. The van der Waals surface area contributed by atoms with Crippen molar-refractivity contribution in [3.8, 4) is 0 Å². The fourth-order valence-corrected chi connectivity index (χ4v) is 3.39. The molecule has 0 bridgehead atoms. The molecule has 11 heteroatoms. The summed E-state index contributed by atoms with van der Waals surface area (Å²) in [4.78, 5) is 54.1. The molecular weight excluding hydrogens is 420 g/mol. The lowest BCUT2D eigenvalue weighted by atomic mass is 9.87. The van der Waals surface area contributed by atoms with Crippen LogP contribution in [-0.4, -0.2) is 79.2 Å². The van der Waals surface area contributed by atoms with Gasteiger partial charge in [-0.15, -0.1) is 0 Å². The molecule has 1 aliphatic rings. The molecule has 1 aromatic rings. The van der Waals surface area contributed by atoms with Gasteiger partial charge in [0, 0.05) is 44.4 Å². The second-order valence-corrected chi connectivity index (χ2v) is 7.88. The van der Waals surface area contributed by atoms with Crippen LogP contribution in [0, 0.1) is 11.8 Å². The summed E-state index contributed by atoms with van der Waals surface area (Å²) in [6.07, 6.45) is 2.55. The Labute approximate surface area is 187 Å². The molecule has 1 aliphatic heterocycles. The number of nitrogens with one attached hydrogen (secondary N) is 2. The van der Waals surface area contributed by atoms with Gasteiger partial charge in [-0.05, 0) is 12.3 Å². The molecule has 178 valence electrons. The average molecular weight is 453 g/mol. The summed E-state index contributed by atoms with van der Waals surface area (Å²) < 4.78 is 17.0. The lowest BCUT2D eigenvalue weighted by Gasteiger charge is -2.23. The minimum absolute atomic E-state index is 0.0276. The standard InChI is InChI=1S/C21H32N4O7/c1-14(2)18(24-21(29)32-9-8-31-7-6-30-3)17(26)11-15-10-16-12-22-13-25(16)5-4-23-20(28)19(15)27/h12-15,18H,4-11H2,1-3H3,(H,23,28)(H,24,29). The van der Waals surface area contributed by atoms with Gasteiger partial charge in [0.1, 0.15) is 6.61 Å². The van der Waals surface area contributed by atoms with Crippen molar-refractivity contribution in [2.45, 2.75) is 39.3 Å². The zero-order chi connectivity index (χ0) is 23.5. The molecule has 11 nitrogen and oxygen atoms in total. The van der Waals surface area contributed by atoms with Crippen LogP contribution < -0.4 is 10.6 Å². The van der Waals surface area contributed by atoms with Crippen molar-refractivity contribution in [1.29, 1.82) is 0 Å². The van der Waals surface area contributed by atoms with Crippen molar-refractivity contribution < 1.29 is 33.4 Å². The van der Waals surface area contributed by atoms with E-state index >= 15 is 0 Å². The number of amides is 2. The first-order valence-electron chi connectivity index (χ1n) is 10.7. The van der Waals surface area contributed by atoms with Crippen molar-refractivity contribution >= 4 is 23.6 Å². The van der Waals surface area contributed by atoms with E-state index in [1.807, 2.05) is 4.57 Å². The van der Waals surface area contributed by atoms with Crippen LogP contribution in [0.4, 0.5) is 4.79 Å². The molecule has 2 atom stereocenters. The van der Waals surface area contributed by atoms with E-state index in [-0.39, 0.29) is 37.8 Å². The Kier molecular flexibility index (Phi) is 10.3. The summed E-state index contributed by atoms with van der Waals surface area (Å²) in [5, 5.41) is 5.14. The van der Waals surface area contributed by atoms with Gasteiger partial charge >= 0.3 is 6.09 Å². The molecule has 0 saturated carbocycles. The first kappa shape index (κ1) is 25.5. The zero-order valence-electron chi connectivity index (χ0n) is 18.8. The van der Waals surface area contributed by atoms with E-state index in [1.165, 1.54) is 0 Å². The maximum atomic E-state index is 13.0. The van der Waals surface area contributed by atoms with E-state index in [9.17, 15) is 19.2 Å². The van der Waals surface area contributed by atoms with Crippen LogP contribution in [0.2, 0.25) is 0 Å². The van der Waals surface area contributed by atoms with Crippen LogP contribution in [0.1, 0.15) is 26.0 Å². The Morgan fingerprint density at radius 3 is 2.72 bits per heavy atom. The number of carbonyl (C=O) groups excluding carboxylic acids is 4. The van der Waals surface area contributed by atoms with Gasteiger partial charge in [0.2, 0.25) is 5.78 Å². The Balaban J connectivity index is 1.97. The van der Waals surface area contributed by atoms with Gasteiger partial charge in [0.15, 0.2) is 5.78 Å². The van der Waals surface area contributed by atoms with Crippen molar-refractivity contribution in [1.82, 2.24) is 20.2 Å². The van der Waals surface area contributed by atoms with Crippen molar-refractivity contribution in [3.63, 3.8) is 0 Å². The number of ketones is 2. The van der Waals surface area contributed by atoms with Gasteiger partial charge in [0.05, 0.1) is 32.2 Å². The van der Waals surface area contributed by atoms with E-state index in [0.29, 0.717) is 26.3 Å². The van der Waals surface area contributed by atoms with Gasteiger partial charge in [-0.1, -0.05) is 13.8 Å². The number of hydrogen-bond donors (Lipinski definition) is 2. The van der Waals surface area contributed by atoms with E-state index in [0.717, 1.165) is 5.69 Å². The molecule has 0 radical (unpaired) electrons. The second kappa shape index (κ2) is 12.9. The van der Waals surface area contributed by atoms with Crippen LogP contribution in [0.5, 0.6) is 0 Å². The highest BCUT2D eigenvalue weighted by Crippen LogP contribution is 2.18. The number of imidazole rings is 1. The van der Waals surface area contributed by atoms with Gasteiger partial charge in [-0.25, -0.2) is 9.78 Å². The number of methoxy groups -OCH3 is 1. The molecule has 2 N–H and O–H groups in total. The number of nitrogens with zero attached hydrogens (tertiary/aromatic N) is 2. The molecule has 0 spiro atoms. The second-order valence-electron chi connectivity index (χ2n) is 7.88. The predicted molar refractivity (Wildman–Crippen MR) is 113 cm³/mol. The number of fused-ring (bicyclic) bond motifs is 1. The maximum Gasteiger partial charge on any atom is 0.407 e. The summed E-state index contributed by atoms with van der Waals surface area (Å²) in [7, 11) is 1.56. The highest BCUT2D eigenvalue weighted by atomic mass is 16.6. The molecule has 1 aromatic heterocycles. The molecule has 2 rings (SSSR count). The van der Waals surface area contributed by atoms with Crippen LogP contribution in [0.3, 0.4) is 0 Å². The van der Waals surface area contributed by atoms with Crippen LogP contribution in [-0.2, 0) is 41.6 Å². The molecule has 0 saturated heterocycles. The number of alkyl carbamates (subject to hydrolysis) is 1. The quantitative estimate of drug-likeness (QED) is 0.357. The van der Waals surface area contributed by atoms with E-state index in [1.54, 1.807) is 33.5 Å². The fourth-order valence-electron chi connectivity index (χ4n) is 3.39. The first-order chi connectivity index (χ1) is 15.3. The molecule has 2 heterocycles. The minimum atomic E-state index is -0.856. The topological polar surface area (TPSA) is 138 Å². The van der Waals surface area contributed by atoms with Crippen LogP contribution >= 0.6 is 0 Å². The SMILES string of the molecule is COCCOCCOC(=O)NC(C(=O)CC1Cc2cncn2CCNC(=O)C1=O)C(C)C. The number of Topliss-reactive ketones (excluding diaryl/α,β-unsaturated/α-hetero) is 2.